The van der Waals surface area contributed by atoms with Crippen LogP contribution in [0.5, 0.6) is 11.5 Å². The number of hydrogen-bond acceptors (Lipinski definition) is 7. The van der Waals surface area contributed by atoms with Crippen LogP contribution < -0.4 is 0 Å². The van der Waals surface area contributed by atoms with E-state index in [1.165, 1.54) is 12.1 Å². The van der Waals surface area contributed by atoms with Gasteiger partial charge in [0, 0.05) is 10.8 Å². The number of nitrogens with zero attached hydrogens (tertiary/aromatic N) is 2. The molecule has 0 aliphatic carbocycles. The molecule has 2 heterocycles. The second-order valence-electron chi connectivity index (χ2n) is 6.60. The maximum Gasteiger partial charge on any atom is 0.509 e. The van der Waals surface area contributed by atoms with Crippen molar-refractivity contribution in [2.45, 2.75) is 13.2 Å². The summed E-state index contributed by atoms with van der Waals surface area (Å²) >= 11 is 24.0. The molecule has 0 spiro atoms. The van der Waals surface area contributed by atoms with Crippen LogP contribution in [0, 0.1) is 0 Å². The van der Waals surface area contributed by atoms with Crippen molar-refractivity contribution in [3.63, 3.8) is 0 Å². The van der Waals surface area contributed by atoms with E-state index in [-0.39, 0.29) is 45.8 Å². The SMILES string of the molecule is O=C(OCc1ccc2c(Cl)cc(Cl)c(O)c2n1)OCc1ccc2c(Cl)cc(Cl)c(O)c2n1. The average molecular weight is 514 g/mol. The van der Waals surface area contributed by atoms with Crippen molar-refractivity contribution in [3.05, 3.63) is 67.9 Å². The molecule has 2 aromatic carbocycles. The molecule has 0 fully saturated rings. The Kier molecular flexibility index (Phi) is 6.35. The molecule has 7 nitrogen and oxygen atoms in total. The molecule has 0 bridgehead atoms. The highest BCUT2D eigenvalue weighted by atomic mass is 35.5. The predicted octanol–water partition coefficient (Wildman–Crippen LogP) is 6.66. The van der Waals surface area contributed by atoms with Gasteiger partial charge in [-0.05, 0) is 36.4 Å². The number of fused-ring (bicyclic) bond motifs is 2. The lowest BCUT2D eigenvalue weighted by atomic mass is 10.2. The van der Waals surface area contributed by atoms with Gasteiger partial charge in [-0.15, -0.1) is 0 Å². The largest absolute Gasteiger partial charge is 0.509 e. The Hall–Kier alpha value is -2.71. The van der Waals surface area contributed by atoms with Gasteiger partial charge in [0.15, 0.2) is 11.5 Å². The minimum atomic E-state index is -0.963. The zero-order valence-corrected chi connectivity index (χ0v) is 18.9. The number of hydrogen-bond donors (Lipinski definition) is 2. The van der Waals surface area contributed by atoms with Crippen LogP contribution in [0.25, 0.3) is 21.8 Å². The third-order valence-electron chi connectivity index (χ3n) is 4.50. The number of phenols is 2. The van der Waals surface area contributed by atoms with Crippen molar-refractivity contribution < 1.29 is 24.5 Å². The molecule has 0 saturated carbocycles. The van der Waals surface area contributed by atoms with Crippen LogP contribution in [0.2, 0.25) is 20.1 Å². The molecule has 11 heteroatoms. The van der Waals surface area contributed by atoms with E-state index in [1.807, 2.05) is 0 Å². The number of aromatic hydroxyl groups is 2. The van der Waals surface area contributed by atoms with Crippen LogP contribution in [-0.2, 0) is 22.7 Å². The first-order chi connectivity index (χ1) is 15.2. The van der Waals surface area contributed by atoms with E-state index in [0.717, 1.165) is 0 Å². The van der Waals surface area contributed by atoms with Crippen LogP contribution in [0.3, 0.4) is 0 Å². The standard InChI is InChI=1S/C21H12Cl4N2O5/c22-13-5-15(24)19(28)17-11(13)3-1-9(26-17)7-31-21(30)32-8-10-2-4-12-14(23)6-16(25)20(29)18(12)27-10/h1-6,28-29H,7-8H2. The van der Waals surface area contributed by atoms with Crippen molar-refractivity contribution in [2.75, 3.05) is 0 Å². The molecule has 4 aromatic rings. The van der Waals surface area contributed by atoms with Gasteiger partial charge in [-0.25, -0.2) is 14.8 Å². The van der Waals surface area contributed by atoms with Gasteiger partial charge in [0.25, 0.3) is 0 Å². The molecule has 0 unspecified atom stereocenters. The molecular weight excluding hydrogens is 502 g/mol. The molecule has 32 heavy (non-hydrogen) atoms. The van der Waals surface area contributed by atoms with Gasteiger partial charge in [0.05, 0.1) is 31.5 Å². The Labute approximate surface area is 201 Å². The van der Waals surface area contributed by atoms with Crippen LogP contribution in [0.15, 0.2) is 36.4 Å². The summed E-state index contributed by atoms with van der Waals surface area (Å²) in [7, 11) is 0. The van der Waals surface area contributed by atoms with Crippen molar-refractivity contribution in [2.24, 2.45) is 0 Å². The fourth-order valence-corrected chi connectivity index (χ4v) is 3.99. The van der Waals surface area contributed by atoms with Crippen molar-refractivity contribution >= 4 is 74.4 Å². The van der Waals surface area contributed by atoms with Crippen LogP contribution >= 0.6 is 46.4 Å². The molecule has 2 N–H and O–H groups in total. The number of carbonyl (C=O) groups is 1. The summed E-state index contributed by atoms with van der Waals surface area (Å²) in [5.41, 5.74) is 1.08. The number of ether oxygens (including phenoxy) is 2. The lowest BCUT2D eigenvalue weighted by Crippen LogP contribution is -2.09. The van der Waals surface area contributed by atoms with Crippen molar-refractivity contribution in [1.29, 1.82) is 0 Å². The Bertz CT molecular complexity index is 1280. The number of pyridine rings is 2. The molecule has 0 amide bonds. The number of aromatic nitrogens is 2. The maximum atomic E-state index is 12.0. The number of benzene rings is 2. The van der Waals surface area contributed by atoms with E-state index >= 15 is 0 Å². The number of carbonyl (C=O) groups excluding carboxylic acids is 1. The van der Waals surface area contributed by atoms with Crippen LogP contribution in [0.4, 0.5) is 4.79 Å². The van der Waals surface area contributed by atoms with E-state index in [9.17, 15) is 15.0 Å². The summed E-state index contributed by atoms with van der Waals surface area (Å²) in [5.74, 6) is -0.442. The maximum absolute atomic E-state index is 12.0. The highest BCUT2D eigenvalue weighted by Gasteiger charge is 2.14. The minimum Gasteiger partial charge on any atom is -0.504 e. The molecule has 0 aliphatic rings. The third kappa shape index (κ3) is 4.42. The number of phenolic OH excluding ortho intramolecular Hbond substituents is 2. The monoisotopic (exact) mass is 512 g/mol. The number of rotatable bonds is 4. The van der Waals surface area contributed by atoms with E-state index < -0.39 is 6.16 Å². The van der Waals surface area contributed by atoms with E-state index in [4.69, 9.17) is 55.9 Å². The fourth-order valence-electron chi connectivity index (χ4n) is 2.95. The summed E-state index contributed by atoms with van der Waals surface area (Å²) in [4.78, 5) is 20.4. The van der Waals surface area contributed by atoms with Crippen LogP contribution in [-0.4, -0.2) is 26.3 Å². The molecule has 0 radical (unpaired) electrons. The topological polar surface area (TPSA) is 102 Å². The highest BCUT2D eigenvalue weighted by molar-refractivity contribution is 6.40. The first kappa shape index (κ1) is 22.5. The Morgan fingerprint density at radius 2 is 1.12 bits per heavy atom. The van der Waals surface area contributed by atoms with Gasteiger partial charge < -0.3 is 19.7 Å². The first-order valence-corrected chi connectivity index (χ1v) is 10.5. The smallest absolute Gasteiger partial charge is 0.504 e. The van der Waals surface area contributed by atoms with Crippen molar-refractivity contribution in [3.8, 4) is 11.5 Å². The first-order valence-electron chi connectivity index (χ1n) is 8.97. The normalized spacial score (nSPS) is 11.1. The average Bonchev–Trinajstić information content (AvgIpc) is 2.78. The number of halogens is 4. The molecule has 0 saturated heterocycles. The lowest BCUT2D eigenvalue weighted by molar-refractivity contribution is 0.0431. The summed E-state index contributed by atoms with van der Waals surface area (Å²) < 4.78 is 10.1. The summed E-state index contributed by atoms with van der Waals surface area (Å²) in [6, 6.07) is 9.28. The third-order valence-corrected chi connectivity index (χ3v) is 5.71. The van der Waals surface area contributed by atoms with Gasteiger partial charge in [-0.1, -0.05) is 46.4 Å². The van der Waals surface area contributed by atoms with E-state index in [0.29, 0.717) is 32.2 Å². The fraction of sp³-hybridized carbons (Fsp3) is 0.0952. The predicted molar refractivity (Wildman–Crippen MR) is 122 cm³/mol. The molecule has 4 rings (SSSR count). The van der Waals surface area contributed by atoms with Crippen molar-refractivity contribution in [1.82, 2.24) is 9.97 Å². The second-order valence-corrected chi connectivity index (χ2v) is 8.23. The minimum absolute atomic E-state index is 0.0592. The Morgan fingerprint density at radius 1 is 0.719 bits per heavy atom. The summed E-state index contributed by atoms with van der Waals surface area (Å²) in [6.07, 6.45) is -0.963. The molecule has 164 valence electrons. The van der Waals surface area contributed by atoms with Crippen LogP contribution in [0.1, 0.15) is 11.4 Å². The van der Waals surface area contributed by atoms with Gasteiger partial charge in [-0.3, -0.25) is 0 Å². The Morgan fingerprint density at radius 3 is 1.53 bits per heavy atom. The van der Waals surface area contributed by atoms with Gasteiger partial charge in [-0.2, -0.15) is 0 Å². The molecule has 0 aliphatic heterocycles. The van der Waals surface area contributed by atoms with Gasteiger partial charge in [0.1, 0.15) is 24.2 Å². The Balaban J connectivity index is 1.43. The van der Waals surface area contributed by atoms with E-state index in [1.54, 1.807) is 24.3 Å². The molecular formula is C21H12Cl4N2O5. The molecule has 2 aromatic heterocycles. The second kappa shape index (κ2) is 9.03. The van der Waals surface area contributed by atoms with Gasteiger partial charge >= 0.3 is 6.16 Å². The zero-order chi connectivity index (χ0) is 23.0. The highest BCUT2D eigenvalue weighted by Crippen LogP contribution is 2.37. The van der Waals surface area contributed by atoms with Gasteiger partial charge in [0.2, 0.25) is 0 Å². The van der Waals surface area contributed by atoms with E-state index in [2.05, 4.69) is 9.97 Å². The quantitative estimate of drug-likeness (QED) is 0.294. The molecule has 0 atom stereocenters. The summed E-state index contributed by atoms with van der Waals surface area (Å²) in [6.45, 7) is -0.426. The zero-order valence-electron chi connectivity index (χ0n) is 15.9. The summed E-state index contributed by atoms with van der Waals surface area (Å²) in [5, 5.41) is 22.0. The lowest BCUT2D eigenvalue weighted by Gasteiger charge is -2.09.